The number of piperazine rings is 1. The van der Waals surface area contributed by atoms with E-state index >= 15 is 0 Å². The van der Waals surface area contributed by atoms with Crippen molar-refractivity contribution in [1.82, 2.24) is 10.2 Å². The van der Waals surface area contributed by atoms with E-state index in [2.05, 4.69) is 5.32 Å². The van der Waals surface area contributed by atoms with Crippen LogP contribution in [0.2, 0.25) is 0 Å². The van der Waals surface area contributed by atoms with Crippen LogP contribution in [0.15, 0.2) is 0 Å². The molecule has 0 radical (unpaired) electrons. The van der Waals surface area contributed by atoms with Crippen molar-refractivity contribution >= 4 is 11.8 Å². The summed E-state index contributed by atoms with van der Waals surface area (Å²) in [5.74, 6) is -0.0513. The molecule has 1 N–H and O–H groups in total. The number of ether oxygens (including phenoxy) is 1. The van der Waals surface area contributed by atoms with E-state index in [-0.39, 0.29) is 24.0 Å². The summed E-state index contributed by atoms with van der Waals surface area (Å²) in [6.07, 6.45) is 4.48. The van der Waals surface area contributed by atoms with E-state index in [1.54, 1.807) is 18.7 Å². The van der Waals surface area contributed by atoms with Crippen LogP contribution in [0.5, 0.6) is 0 Å². The van der Waals surface area contributed by atoms with Gasteiger partial charge in [-0.15, -0.1) is 0 Å². The molecule has 2 saturated heterocycles. The van der Waals surface area contributed by atoms with E-state index in [1.807, 2.05) is 0 Å². The third kappa shape index (κ3) is 2.83. The van der Waals surface area contributed by atoms with Gasteiger partial charge in [0.1, 0.15) is 12.1 Å². The van der Waals surface area contributed by atoms with Gasteiger partial charge in [0, 0.05) is 13.2 Å². The smallest absolute Gasteiger partial charge is 0.245 e. The zero-order valence-corrected chi connectivity index (χ0v) is 11.1. The normalized spacial score (nSPS) is 33.4. The van der Waals surface area contributed by atoms with Crippen LogP contribution in [0.1, 0.15) is 39.5 Å². The van der Waals surface area contributed by atoms with Crippen LogP contribution in [-0.2, 0) is 14.3 Å². The van der Waals surface area contributed by atoms with Crippen LogP contribution in [0, 0.1) is 0 Å². The van der Waals surface area contributed by atoms with Crippen molar-refractivity contribution < 1.29 is 14.3 Å². The van der Waals surface area contributed by atoms with Crippen molar-refractivity contribution in [3.8, 4) is 0 Å². The van der Waals surface area contributed by atoms with Gasteiger partial charge >= 0.3 is 0 Å². The Morgan fingerprint density at radius 3 is 2.78 bits per heavy atom. The molecule has 2 aliphatic heterocycles. The average molecular weight is 254 g/mol. The highest BCUT2D eigenvalue weighted by atomic mass is 16.5. The Balaban J connectivity index is 1.89. The third-order valence-corrected chi connectivity index (χ3v) is 3.83. The lowest BCUT2D eigenvalue weighted by atomic mass is 10.0. The van der Waals surface area contributed by atoms with Gasteiger partial charge in [-0.3, -0.25) is 9.59 Å². The molecule has 0 aromatic rings. The average Bonchev–Trinajstić information content (AvgIpc) is 2.38. The van der Waals surface area contributed by atoms with Gasteiger partial charge in [-0.1, -0.05) is 0 Å². The van der Waals surface area contributed by atoms with Crippen LogP contribution in [0.3, 0.4) is 0 Å². The molecule has 3 unspecified atom stereocenters. The van der Waals surface area contributed by atoms with E-state index in [0.717, 1.165) is 25.9 Å². The first-order chi connectivity index (χ1) is 8.59. The van der Waals surface area contributed by atoms with Crippen molar-refractivity contribution in [3.05, 3.63) is 0 Å². The van der Waals surface area contributed by atoms with Crippen LogP contribution >= 0.6 is 0 Å². The first-order valence-corrected chi connectivity index (χ1v) is 6.82. The fraction of sp³-hybridized carbons (Fsp3) is 0.846. The van der Waals surface area contributed by atoms with E-state index in [4.69, 9.17) is 4.74 Å². The number of nitrogens with zero attached hydrogens (tertiary/aromatic N) is 1. The summed E-state index contributed by atoms with van der Waals surface area (Å²) in [7, 11) is 0. The van der Waals surface area contributed by atoms with Crippen molar-refractivity contribution in [2.75, 3.05) is 13.2 Å². The number of amides is 2. The summed E-state index contributed by atoms with van der Waals surface area (Å²) in [6.45, 7) is 4.95. The number of hydrogen-bond donors (Lipinski definition) is 1. The van der Waals surface area contributed by atoms with Crippen LogP contribution in [0.25, 0.3) is 0 Å². The maximum Gasteiger partial charge on any atom is 0.245 e. The van der Waals surface area contributed by atoms with Crippen LogP contribution in [-0.4, -0.2) is 48.1 Å². The van der Waals surface area contributed by atoms with Crippen molar-refractivity contribution in [3.63, 3.8) is 0 Å². The summed E-state index contributed by atoms with van der Waals surface area (Å²) < 4.78 is 5.65. The lowest BCUT2D eigenvalue weighted by Gasteiger charge is -2.37. The van der Waals surface area contributed by atoms with E-state index in [0.29, 0.717) is 6.54 Å². The minimum Gasteiger partial charge on any atom is -0.378 e. The maximum atomic E-state index is 12.0. The van der Waals surface area contributed by atoms with Crippen LogP contribution < -0.4 is 5.32 Å². The molecule has 5 heteroatoms. The molecule has 0 aliphatic carbocycles. The molecular weight excluding hydrogens is 232 g/mol. The van der Waals surface area contributed by atoms with Gasteiger partial charge in [-0.05, 0) is 39.5 Å². The molecule has 2 heterocycles. The lowest BCUT2D eigenvalue weighted by molar-refractivity contribution is -0.148. The highest BCUT2D eigenvalue weighted by Gasteiger charge is 2.35. The second kappa shape index (κ2) is 5.69. The molecule has 2 amide bonds. The predicted molar refractivity (Wildman–Crippen MR) is 67.0 cm³/mol. The van der Waals surface area contributed by atoms with Gasteiger partial charge in [0.25, 0.3) is 0 Å². The van der Waals surface area contributed by atoms with Crippen LogP contribution in [0.4, 0.5) is 0 Å². The highest BCUT2D eigenvalue weighted by Crippen LogP contribution is 2.18. The van der Waals surface area contributed by atoms with Gasteiger partial charge in [0.2, 0.25) is 11.8 Å². The Kier molecular flexibility index (Phi) is 4.22. The summed E-state index contributed by atoms with van der Waals surface area (Å²) in [6, 6.07) is -0.765. The molecule has 0 aromatic carbocycles. The standard InChI is InChI=1S/C13H22N2O3/c1-9-13(17)15(10(2)12(16)14-9)7-6-11-5-3-4-8-18-11/h9-11H,3-8H2,1-2H3,(H,14,16). The summed E-state index contributed by atoms with van der Waals surface area (Å²) >= 11 is 0. The molecule has 5 nitrogen and oxygen atoms in total. The number of hydrogen-bond acceptors (Lipinski definition) is 3. The Labute approximate surface area is 108 Å². The summed E-state index contributed by atoms with van der Waals surface area (Å²) in [4.78, 5) is 25.4. The second-order valence-corrected chi connectivity index (χ2v) is 5.22. The molecule has 0 spiro atoms. The quantitative estimate of drug-likeness (QED) is 0.806. The number of carbonyl (C=O) groups excluding carboxylic acids is 2. The molecule has 2 rings (SSSR count). The Morgan fingerprint density at radius 2 is 2.11 bits per heavy atom. The SMILES string of the molecule is CC1NC(=O)C(C)N(CCC2CCCCO2)C1=O. The number of carbonyl (C=O) groups is 2. The minimum absolute atomic E-state index is 0.0120. The number of nitrogens with one attached hydrogen (secondary N) is 1. The van der Waals surface area contributed by atoms with Gasteiger partial charge in [0.05, 0.1) is 6.10 Å². The molecule has 102 valence electrons. The molecule has 0 bridgehead atoms. The molecular formula is C13H22N2O3. The first-order valence-electron chi connectivity index (χ1n) is 6.82. The fourth-order valence-electron chi connectivity index (χ4n) is 2.60. The zero-order chi connectivity index (χ0) is 13.1. The van der Waals surface area contributed by atoms with Gasteiger partial charge in [0.15, 0.2) is 0 Å². The second-order valence-electron chi connectivity index (χ2n) is 5.22. The largest absolute Gasteiger partial charge is 0.378 e. The molecule has 0 saturated carbocycles. The first kappa shape index (κ1) is 13.3. The molecule has 2 aliphatic rings. The lowest BCUT2D eigenvalue weighted by Crippen LogP contribution is -2.61. The highest BCUT2D eigenvalue weighted by molar-refractivity contribution is 5.96. The summed E-state index contributed by atoms with van der Waals surface area (Å²) in [5, 5.41) is 2.69. The Hall–Kier alpha value is -1.10. The monoisotopic (exact) mass is 254 g/mol. The van der Waals surface area contributed by atoms with Gasteiger partial charge in [-0.2, -0.15) is 0 Å². The van der Waals surface area contributed by atoms with Crippen molar-refractivity contribution in [2.45, 2.75) is 57.7 Å². The number of rotatable bonds is 3. The van der Waals surface area contributed by atoms with E-state index in [1.165, 1.54) is 6.42 Å². The third-order valence-electron chi connectivity index (χ3n) is 3.83. The molecule has 18 heavy (non-hydrogen) atoms. The minimum atomic E-state index is -0.402. The molecule has 3 atom stereocenters. The van der Waals surface area contributed by atoms with Crippen molar-refractivity contribution in [2.24, 2.45) is 0 Å². The van der Waals surface area contributed by atoms with Gasteiger partial charge < -0.3 is 15.0 Å². The van der Waals surface area contributed by atoms with Crippen molar-refractivity contribution in [1.29, 1.82) is 0 Å². The maximum absolute atomic E-state index is 12.0. The zero-order valence-electron chi connectivity index (χ0n) is 11.1. The predicted octanol–water partition coefficient (Wildman–Crippen LogP) is 0.681. The molecule has 2 fully saturated rings. The molecule has 0 aromatic heterocycles. The van der Waals surface area contributed by atoms with E-state index in [9.17, 15) is 9.59 Å². The summed E-state index contributed by atoms with van der Waals surface area (Å²) in [5.41, 5.74) is 0. The van der Waals surface area contributed by atoms with Gasteiger partial charge in [-0.25, -0.2) is 0 Å². The Bertz CT molecular complexity index is 326. The van der Waals surface area contributed by atoms with E-state index < -0.39 is 6.04 Å². The topological polar surface area (TPSA) is 58.6 Å². The Morgan fingerprint density at radius 1 is 1.33 bits per heavy atom. The fourth-order valence-corrected chi connectivity index (χ4v) is 2.60.